The average Bonchev–Trinajstić information content (AvgIpc) is 1.80. The normalized spacial score (nSPS) is 17.7. The molecule has 0 amide bonds. The van der Waals surface area contributed by atoms with Gasteiger partial charge in [0.15, 0.2) is 11.1 Å². The molecule has 0 rings (SSSR count). The Hall–Kier alpha value is -0.0200. The first kappa shape index (κ1) is 11.0. The summed E-state index contributed by atoms with van der Waals surface area (Å²) in [6.07, 6.45) is 0. The predicted octanol–water partition coefficient (Wildman–Crippen LogP) is -1.54. The van der Waals surface area contributed by atoms with E-state index in [9.17, 15) is 12.6 Å². The first-order valence-corrected chi connectivity index (χ1v) is 5.30. The van der Waals surface area contributed by atoms with Gasteiger partial charge in [0.1, 0.15) is 0 Å². The van der Waals surface area contributed by atoms with Crippen LogP contribution in [0.3, 0.4) is 0 Å². The molecule has 11 heavy (non-hydrogen) atoms. The van der Waals surface area contributed by atoms with Gasteiger partial charge in [0, 0.05) is 0 Å². The summed E-state index contributed by atoms with van der Waals surface area (Å²) in [6, 6.07) is 0. The van der Waals surface area contributed by atoms with E-state index in [1.165, 1.54) is 0 Å². The van der Waals surface area contributed by atoms with E-state index >= 15 is 0 Å². The molecule has 0 spiro atoms. The third-order valence-electron chi connectivity index (χ3n) is 0.885. The zero-order valence-electron chi connectivity index (χ0n) is 5.37. The van der Waals surface area contributed by atoms with Gasteiger partial charge in [0.2, 0.25) is 0 Å². The second-order valence-electron chi connectivity index (χ2n) is 1.83. The monoisotopic (exact) mass is 204 g/mol. The Labute approximate surface area is 66.3 Å². The average molecular weight is 204 g/mol. The van der Waals surface area contributed by atoms with Gasteiger partial charge in [0.25, 0.3) is 10.1 Å². The van der Waals surface area contributed by atoms with Crippen molar-refractivity contribution in [3.05, 3.63) is 0 Å². The quantitative estimate of drug-likeness (QED) is 0.378. The van der Waals surface area contributed by atoms with Crippen LogP contribution in [-0.2, 0) is 21.2 Å². The Morgan fingerprint density at radius 3 is 2.00 bits per heavy atom. The second-order valence-corrected chi connectivity index (χ2v) is 4.55. The van der Waals surface area contributed by atoms with E-state index in [-0.39, 0.29) is 0 Å². The molecule has 0 aromatic rings. The van der Waals surface area contributed by atoms with E-state index in [0.717, 1.165) is 0 Å². The largest absolute Gasteiger partial charge is 0.395 e. The minimum absolute atomic E-state index is 0.761. The zero-order valence-corrected chi connectivity index (χ0v) is 7.01. The number of hydrogen-bond acceptors (Lipinski definition) is 4. The van der Waals surface area contributed by atoms with Gasteiger partial charge in [-0.1, -0.05) is 0 Å². The molecule has 0 aliphatic carbocycles. The molecule has 2 atom stereocenters. The van der Waals surface area contributed by atoms with E-state index in [4.69, 9.17) is 14.2 Å². The van der Waals surface area contributed by atoms with Gasteiger partial charge in [-0.05, 0) is 0 Å². The summed E-state index contributed by atoms with van der Waals surface area (Å²) in [6.45, 7) is -0.761. The molecule has 0 saturated heterocycles. The summed E-state index contributed by atoms with van der Waals surface area (Å²) >= 11 is -2.44. The van der Waals surface area contributed by atoms with Crippen LogP contribution in [0.25, 0.3) is 0 Å². The lowest BCUT2D eigenvalue weighted by molar-refractivity contribution is 0.293. The van der Waals surface area contributed by atoms with E-state index in [2.05, 4.69) is 0 Å². The van der Waals surface area contributed by atoms with Crippen molar-refractivity contribution >= 4 is 21.2 Å². The molecular formula is C3H8O6S2. The van der Waals surface area contributed by atoms with Gasteiger partial charge < -0.3 is 9.66 Å². The highest BCUT2D eigenvalue weighted by Gasteiger charge is 2.20. The van der Waals surface area contributed by atoms with Crippen molar-refractivity contribution in [3.8, 4) is 0 Å². The minimum atomic E-state index is -4.29. The molecule has 0 aromatic carbocycles. The van der Waals surface area contributed by atoms with Crippen LogP contribution >= 0.6 is 0 Å². The topological polar surface area (TPSA) is 112 Å². The molecule has 3 N–H and O–H groups in total. The maximum Gasteiger partial charge on any atom is 0.266 e. The maximum absolute atomic E-state index is 10.2. The molecule has 6 nitrogen and oxygen atoms in total. The Kier molecular flexibility index (Phi) is 4.11. The molecule has 0 aromatic heterocycles. The number of hydrogen-bond donors (Lipinski definition) is 3. The molecule has 0 saturated carbocycles. The standard InChI is InChI=1S/C3H8O6S2/c4-1-3(10(5)6)2-11(7,8)9/h3-4H,1-2H2,(H,5,6)(H,7,8,9). The highest BCUT2D eigenvalue weighted by atomic mass is 32.2. The lowest BCUT2D eigenvalue weighted by Gasteiger charge is -2.05. The van der Waals surface area contributed by atoms with Crippen LogP contribution in [0.5, 0.6) is 0 Å². The van der Waals surface area contributed by atoms with Gasteiger partial charge in [-0.2, -0.15) is 8.42 Å². The molecule has 0 aliphatic rings. The van der Waals surface area contributed by atoms with Crippen LogP contribution in [0, 0.1) is 0 Å². The first-order valence-electron chi connectivity index (χ1n) is 2.52. The fourth-order valence-corrected chi connectivity index (χ4v) is 2.09. The third kappa shape index (κ3) is 5.27. The highest BCUT2D eigenvalue weighted by Crippen LogP contribution is 1.96. The van der Waals surface area contributed by atoms with Crippen LogP contribution in [0.15, 0.2) is 0 Å². The van der Waals surface area contributed by atoms with Crippen molar-refractivity contribution in [1.29, 1.82) is 0 Å². The first-order chi connectivity index (χ1) is 4.87. The van der Waals surface area contributed by atoms with Gasteiger partial charge >= 0.3 is 0 Å². The molecule has 2 unspecified atom stereocenters. The summed E-state index contributed by atoms with van der Waals surface area (Å²) in [5.74, 6) is -0.910. The summed E-state index contributed by atoms with van der Waals surface area (Å²) in [5.41, 5.74) is 0. The lowest BCUT2D eigenvalue weighted by atomic mass is 10.5. The predicted molar refractivity (Wildman–Crippen MR) is 38.1 cm³/mol. The van der Waals surface area contributed by atoms with Crippen LogP contribution in [0.4, 0.5) is 0 Å². The Morgan fingerprint density at radius 1 is 1.45 bits per heavy atom. The van der Waals surface area contributed by atoms with E-state index in [1.807, 2.05) is 0 Å². The van der Waals surface area contributed by atoms with Crippen LogP contribution in [0.1, 0.15) is 0 Å². The molecular weight excluding hydrogens is 196 g/mol. The minimum Gasteiger partial charge on any atom is -0.395 e. The molecule has 0 fully saturated rings. The smallest absolute Gasteiger partial charge is 0.266 e. The number of aliphatic hydroxyl groups excluding tert-OH is 1. The molecule has 0 radical (unpaired) electrons. The molecule has 0 heterocycles. The number of aliphatic hydroxyl groups is 1. The molecule has 0 bridgehead atoms. The summed E-state index contributed by atoms with van der Waals surface area (Å²) in [4.78, 5) is 0. The second kappa shape index (κ2) is 4.12. The van der Waals surface area contributed by atoms with Crippen molar-refractivity contribution in [2.24, 2.45) is 0 Å². The third-order valence-corrected chi connectivity index (χ3v) is 2.81. The van der Waals surface area contributed by atoms with Crippen molar-refractivity contribution in [2.45, 2.75) is 5.25 Å². The Morgan fingerprint density at radius 2 is 1.91 bits per heavy atom. The Bertz CT molecular complexity index is 230. The van der Waals surface area contributed by atoms with Gasteiger partial charge in [-0.3, -0.25) is 4.55 Å². The summed E-state index contributed by atoms with van der Waals surface area (Å²) in [7, 11) is -4.29. The SMILES string of the molecule is O=S(O)C(CO)CS(=O)(=O)O. The van der Waals surface area contributed by atoms with Gasteiger partial charge in [-0.25, -0.2) is 4.21 Å². The summed E-state index contributed by atoms with van der Waals surface area (Å²) < 4.78 is 46.9. The van der Waals surface area contributed by atoms with Crippen LogP contribution in [-0.4, -0.2) is 44.4 Å². The fourth-order valence-electron chi connectivity index (χ4n) is 0.410. The fraction of sp³-hybridized carbons (Fsp3) is 1.00. The van der Waals surface area contributed by atoms with Gasteiger partial charge in [-0.15, -0.1) is 0 Å². The molecule has 68 valence electrons. The van der Waals surface area contributed by atoms with Crippen molar-refractivity contribution in [3.63, 3.8) is 0 Å². The maximum atomic E-state index is 10.2. The zero-order chi connectivity index (χ0) is 9.07. The van der Waals surface area contributed by atoms with Crippen LogP contribution in [0.2, 0.25) is 0 Å². The summed E-state index contributed by atoms with van der Waals surface area (Å²) in [5, 5.41) is 6.99. The van der Waals surface area contributed by atoms with Crippen LogP contribution < -0.4 is 0 Å². The Balaban J connectivity index is 4.22. The van der Waals surface area contributed by atoms with Crippen molar-refractivity contribution in [2.75, 3.05) is 12.4 Å². The molecule has 0 aliphatic heterocycles. The van der Waals surface area contributed by atoms with Gasteiger partial charge in [0.05, 0.1) is 17.6 Å². The van der Waals surface area contributed by atoms with E-state index in [1.54, 1.807) is 0 Å². The highest BCUT2D eigenvalue weighted by molar-refractivity contribution is 7.87. The van der Waals surface area contributed by atoms with Crippen molar-refractivity contribution in [1.82, 2.24) is 0 Å². The van der Waals surface area contributed by atoms with Crippen molar-refractivity contribution < 1.29 is 26.8 Å². The van der Waals surface area contributed by atoms with E-state index < -0.39 is 38.8 Å². The lowest BCUT2D eigenvalue weighted by Crippen LogP contribution is -2.28. The van der Waals surface area contributed by atoms with E-state index in [0.29, 0.717) is 0 Å². The molecule has 8 heteroatoms. The number of rotatable bonds is 4.